The van der Waals surface area contributed by atoms with Crippen LogP contribution in [0.3, 0.4) is 0 Å². The number of methoxy groups -OCH3 is 3. The Morgan fingerprint density at radius 1 is 0.691 bits per heavy atom. The Labute approximate surface area is 393 Å². The van der Waals surface area contributed by atoms with E-state index in [4.69, 9.17) is 38.4 Å². The average Bonchev–Trinajstić information content (AvgIpc) is 3.92. The Hall–Kier alpha value is -7.88. The summed E-state index contributed by atoms with van der Waals surface area (Å²) in [5.74, 6) is 0.748. The fourth-order valence-electron chi connectivity index (χ4n) is 8.92. The van der Waals surface area contributed by atoms with E-state index in [1.165, 1.54) is 14.2 Å². The Bertz CT molecular complexity index is 2760. The first-order chi connectivity index (χ1) is 33.1. The van der Waals surface area contributed by atoms with Crippen molar-refractivity contribution in [3.8, 4) is 28.7 Å². The summed E-state index contributed by atoms with van der Waals surface area (Å²) < 4.78 is 34.5. The van der Waals surface area contributed by atoms with E-state index in [2.05, 4.69) is 5.32 Å². The number of anilines is 1. The number of hydrogen-bond acceptors (Lipinski definition) is 12. The maximum absolute atomic E-state index is 14.0. The van der Waals surface area contributed by atoms with Crippen LogP contribution in [0.2, 0.25) is 0 Å². The van der Waals surface area contributed by atoms with Crippen LogP contribution in [-0.4, -0.2) is 104 Å². The molecular weight excluding hydrogens is 871 g/mol. The SMILES string of the molecule is COc1ccc(C2=CN3C(=O)c4cc(OC)c(OCCCOc5cc6c(cc5OC)C(=O)N5C=C(c7ccc(NC(=O)OC8/C=C/CCC(C(=O)O)CC8)cc7)CC5C=N6)cc4N=CC3C2)cc1. The van der Waals surface area contributed by atoms with Crippen LogP contribution in [0.1, 0.15) is 76.8 Å². The molecule has 350 valence electrons. The third-order valence-electron chi connectivity index (χ3n) is 12.6. The Balaban J connectivity index is 0.787. The number of nitrogens with one attached hydrogen (secondary N) is 1. The highest BCUT2D eigenvalue weighted by Crippen LogP contribution is 2.42. The van der Waals surface area contributed by atoms with Gasteiger partial charge in [-0.15, -0.1) is 0 Å². The number of rotatable bonds is 14. The molecule has 9 rings (SSSR count). The minimum absolute atomic E-state index is 0.175. The van der Waals surface area contributed by atoms with E-state index in [0.717, 1.165) is 28.0 Å². The van der Waals surface area contributed by atoms with Gasteiger partial charge in [0.1, 0.15) is 11.9 Å². The van der Waals surface area contributed by atoms with Gasteiger partial charge in [0.2, 0.25) is 0 Å². The lowest BCUT2D eigenvalue weighted by Crippen LogP contribution is -2.32. The molecule has 4 unspecified atom stereocenters. The van der Waals surface area contributed by atoms with Gasteiger partial charge in [-0.05, 0) is 90.4 Å². The van der Waals surface area contributed by atoms with Gasteiger partial charge >= 0.3 is 12.1 Å². The first-order valence-corrected chi connectivity index (χ1v) is 22.6. The van der Waals surface area contributed by atoms with E-state index in [1.54, 1.807) is 65.7 Å². The summed E-state index contributed by atoms with van der Waals surface area (Å²) in [6.07, 6.45) is 13.5. The molecule has 68 heavy (non-hydrogen) atoms. The highest BCUT2D eigenvalue weighted by atomic mass is 16.6. The van der Waals surface area contributed by atoms with Crippen LogP contribution in [0.15, 0.2) is 107 Å². The predicted molar refractivity (Wildman–Crippen MR) is 255 cm³/mol. The Morgan fingerprint density at radius 3 is 1.75 bits per heavy atom. The molecule has 0 aromatic heterocycles. The standard InChI is InChI=1S/C52H51N5O11/c1-63-39-16-11-32(12-17-39)35-22-38-28-54-44-26-48(46(65-3)24-42(44)50(59)57(38)30-35)67-20-6-19-66-47-25-43-41(23-45(47)64-2)49(58)56-29-34(21-37(56)27-53-43)31-9-14-36(15-10-31)55-52(62)68-40-8-5-4-7-33(13-18-40)51(60)61/h5,8-12,14-17,23-30,33,37-38,40H,4,6-7,13,18-22H2,1-3H3,(H,55,62)(H,60,61)/b8-5+. The topological polar surface area (TPSA) is 187 Å². The van der Waals surface area contributed by atoms with E-state index in [9.17, 15) is 24.3 Å². The molecule has 0 saturated carbocycles. The van der Waals surface area contributed by atoms with Gasteiger partial charge in [-0.1, -0.05) is 30.3 Å². The molecule has 4 heterocycles. The van der Waals surface area contributed by atoms with Gasteiger partial charge in [0.15, 0.2) is 23.0 Å². The Morgan fingerprint density at radius 2 is 1.24 bits per heavy atom. The molecule has 16 heteroatoms. The molecule has 0 spiro atoms. The van der Waals surface area contributed by atoms with E-state index in [-0.39, 0.29) is 37.1 Å². The summed E-state index contributed by atoms with van der Waals surface area (Å²) in [5.41, 5.74) is 6.14. The summed E-state index contributed by atoms with van der Waals surface area (Å²) in [6.45, 7) is 0.534. The van der Waals surface area contributed by atoms with Crippen LogP contribution < -0.4 is 29.0 Å². The van der Waals surface area contributed by atoms with Crippen LogP contribution in [0.4, 0.5) is 21.9 Å². The molecule has 0 radical (unpaired) electrons. The van der Waals surface area contributed by atoms with Gasteiger partial charge in [0.25, 0.3) is 11.8 Å². The number of amides is 3. The van der Waals surface area contributed by atoms with Gasteiger partial charge in [0.05, 0.1) is 75.0 Å². The van der Waals surface area contributed by atoms with Gasteiger partial charge in [-0.25, -0.2) is 4.79 Å². The number of aliphatic imine (C=N–C) groups is 2. The highest BCUT2D eigenvalue weighted by Gasteiger charge is 2.35. The Kier molecular flexibility index (Phi) is 13.3. The van der Waals surface area contributed by atoms with Crippen LogP contribution in [0, 0.1) is 5.92 Å². The quantitative estimate of drug-likeness (QED) is 0.0907. The summed E-state index contributed by atoms with van der Waals surface area (Å²) in [6, 6.07) is 21.3. The molecule has 0 bridgehead atoms. The van der Waals surface area contributed by atoms with Crippen LogP contribution in [0.25, 0.3) is 11.1 Å². The van der Waals surface area contributed by atoms with Crippen molar-refractivity contribution in [1.82, 2.24) is 9.80 Å². The maximum atomic E-state index is 14.0. The third kappa shape index (κ3) is 9.66. The zero-order valence-corrected chi connectivity index (χ0v) is 37.9. The number of carboxylic acid groups (broad SMARTS) is 1. The highest BCUT2D eigenvalue weighted by molar-refractivity contribution is 6.06. The average molecular weight is 922 g/mol. The van der Waals surface area contributed by atoms with Crippen molar-refractivity contribution in [3.63, 3.8) is 0 Å². The number of ether oxygens (including phenoxy) is 6. The van der Waals surface area contributed by atoms with Gasteiger partial charge < -0.3 is 43.3 Å². The van der Waals surface area contributed by atoms with Crippen molar-refractivity contribution >= 4 is 64.5 Å². The van der Waals surface area contributed by atoms with Crippen LogP contribution in [0.5, 0.6) is 28.7 Å². The molecular formula is C52H51N5O11. The number of carbonyl (C=O) groups excluding carboxylic acids is 3. The molecule has 4 aromatic carbocycles. The first-order valence-electron chi connectivity index (χ1n) is 22.6. The number of fused-ring (bicyclic) bond motifs is 4. The maximum Gasteiger partial charge on any atom is 0.412 e. The van der Waals surface area contributed by atoms with Crippen molar-refractivity contribution in [2.75, 3.05) is 39.9 Å². The van der Waals surface area contributed by atoms with Crippen LogP contribution >= 0.6 is 0 Å². The van der Waals surface area contributed by atoms with Gasteiger partial charge in [-0.2, -0.15) is 0 Å². The summed E-state index contributed by atoms with van der Waals surface area (Å²) in [5, 5.41) is 12.2. The van der Waals surface area contributed by atoms with Gasteiger partial charge in [-0.3, -0.25) is 29.7 Å². The fourth-order valence-corrected chi connectivity index (χ4v) is 8.92. The molecule has 4 aromatic rings. The largest absolute Gasteiger partial charge is 0.497 e. The molecule has 4 aliphatic heterocycles. The smallest absolute Gasteiger partial charge is 0.412 e. The fraction of sp³-hybridized carbons (Fsp3) is 0.308. The molecule has 2 N–H and O–H groups in total. The molecule has 3 amide bonds. The molecule has 16 nitrogen and oxygen atoms in total. The predicted octanol–water partition coefficient (Wildman–Crippen LogP) is 9.25. The van der Waals surface area contributed by atoms with Crippen molar-refractivity contribution in [2.45, 2.75) is 63.1 Å². The summed E-state index contributed by atoms with van der Waals surface area (Å²) in [4.78, 5) is 64.8. The zero-order chi connectivity index (χ0) is 47.3. The van der Waals surface area contributed by atoms with E-state index < -0.39 is 24.1 Å². The number of benzene rings is 4. The second kappa shape index (κ2) is 19.9. The minimum Gasteiger partial charge on any atom is -0.497 e. The normalized spacial score (nSPS) is 20.8. The molecule has 1 aliphatic carbocycles. The molecule has 4 atom stereocenters. The van der Waals surface area contributed by atoms with Crippen LogP contribution in [-0.2, 0) is 9.53 Å². The number of carboxylic acids is 1. The zero-order valence-electron chi connectivity index (χ0n) is 37.9. The number of aliphatic carboxylic acids is 1. The van der Waals surface area contributed by atoms with E-state index >= 15 is 0 Å². The number of carbonyl (C=O) groups is 4. The molecule has 0 saturated heterocycles. The van der Waals surface area contributed by atoms with E-state index in [1.807, 2.05) is 61.0 Å². The lowest BCUT2D eigenvalue weighted by atomic mass is 9.93. The van der Waals surface area contributed by atoms with E-state index in [0.29, 0.717) is 96.1 Å². The van der Waals surface area contributed by atoms with Crippen molar-refractivity contribution in [1.29, 1.82) is 0 Å². The number of nitrogens with zero attached hydrogens (tertiary/aromatic N) is 4. The van der Waals surface area contributed by atoms with Crippen molar-refractivity contribution < 1.29 is 52.7 Å². The molecule has 0 fully saturated rings. The number of hydrogen-bond donors (Lipinski definition) is 2. The van der Waals surface area contributed by atoms with Gasteiger partial charge in [0, 0.05) is 61.9 Å². The summed E-state index contributed by atoms with van der Waals surface area (Å²) >= 11 is 0. The first kappa shape index (κ1) is 45.3. The monoisotopic (exact) mass is 921 g/mol. The minimum atomic E-state index is -0.830. The second-order valence-corrected chi connectivity index (χ2v) is 16.9. The molecule has 5 aliphatic rings. The number of allylic oxidation sites excluding steroid dienone is 1. The second-order valence-electron chi connectivity index (χ2n) is 16.9. The third-order valence-corrected chi connectivity index (χ3v) is 12.6. The van der Waals surface area contributed by atoms with Crippen molar-refractivity contribution in [3.05, 3.63) is 120 Å². The lowest BCUT2D eigenvalue weighted by molar-refractivity contribution is -0.142. The van der Waals surface area contributed by atoms with Crippen molar-refractivity contribution in [2.24, 2.45) is 15.9 Å². The lowest BCUT2D eigenvalue weighted by Gasteiger charge is -2.19. The summed E-state index contributed by atoms with van der Waals surface area (Å²) in [7, 11) is 4.67.